The highest BCUT2D eigenvalue weighted by molar-refractivity contribution is 5.96. The minimum atomic E-state index is -0.405. The van der Waals surface area contributed by atoms with E-state index in [1.54, 1.807) is 19.2 Å². The molecule has 9 N–H and O–H groups in total. The third kappa shape index (κ3) is 7.70. The van der Waals surface area contributed by atoms with Crippen molar-refractivity contribution >= 4 is 54.2 Å². The lowest BCUT2D eigenvalue weighted by Crippen LogP contribution is -2.29. The molecule has 10 nitrogen and oxygen atoms in total. The second-order valence-corrected chi connectivity index (χ2v) is 4.48. The van der Waals surface area contributed by atoms with Gasteiger partial charge in [-0.2, -0.15) is 0 Å². The SMILES string of the molecule is Cl.Cl.Cn1c(NC(=O)CN=C(N)N)ccc1C(=O)NCCC(=N)N. The lowest BCUT2D eigenvalue weighted by atomic mass is 10.3. The molecule has 0 fully saturated rings. The molecule has 1 aromatic heterocycles. The van der Waals surface area contributed by atoms with Crippen LogP contribution < -0.4 is 27.8 Å². The van der Waals surface area contributed by atoms with Gasteiger partial charge in [0.1, 0.15) is 18.1 Å². The number of amidine groups is 1. The van der Waals surface area contributed by atoms with Crippen LogP contribution in [0.3, 0.4) is 0 Å². The van der Waals surface area contributed by atoms with Crippen LogP contribution in [0, 0.1) is 5.41 Å². The fourth-order valence-corrected chi connectivity index (χ4v) is 1.61. The van der Waals surface area contributed by atoms with Gasteiger partial charge >= 0.3 is 0 Å². The van der Waals surface area contributed by atoms with Gasteiger partial charge in [-0.05, 0) is 12.1 Å². The number of hydrogen-bond acceptors (Lipinski definition) is 4. The number of guanidine groups is 1. The van der Waals surface area contributed by atoms with Crippen LogP contribution in [0.5, 0.6) is 0 Å². The molecule has 0 aliphatic heterocycles. The number of halogens is 2. The van der Waals surface area contributed by atoms with E-state index in [-0.39, 0.29) is 62.0 Å². The molecular formula is C12H22Cl2N8O2. The highest BCUT2D eigenvalue weighted by atomic mass is 35.5. The lowest BCUT2D eigenvalue weighted by Gasteiger charge is -2.09. The first kappa shape index (κ1) is 23.8. The molecule has 0 radical (unpaired) electrons. The Bertz CT molecular complexity index is 610. The van der Waals surface area contributed by atoms with E-state index in [9.17, 15) is 9.59 Å². The van der Waals surface area contributed by atoms with Gasteiger partial charge in [0, 0.05) is 20.0 Å². The predicted molar refractivity (Wildman–Crippen MR) is 98.1 cm³/mol. The Morgan fingerprint density at radius 3 is 2.42 bits per heavy atom. The summed E-state index contributed by atoms with van der Waals surface area (Å²) in [5.41, 5.74) is 15.9. The number of nitrogens with zero attached hydrogens (tertiary/aromatic N) is 2. The van der Waals surface area contributed by atoms with Gasteiger partial charge in [0.05, 0.1) is 5.84 Å². The summed E-state index contributed by atoms with van der Waals surface area (Å²) >= 11 is 0. The first-order valence-corrected chi connectivity index (χ1v) is 6.43. The number of hydrogen-bond donors (Lipinski definition) is 6. The summed E-state index contributed by atoms with van der Waals surface area (Å²) in [6.45, 7) is 0.0686. The maximum Gasteiger partial charge on any atom is 0.267 e. The van der Waals surface area contributed by atoms with Crippen LogP contribution in [0.1, 0.15) is 16.9 Å². The zero-order valence-corrected chi connectivity index (χ0v) is 14.7. The molecule has 2 amide bonds. The molecule has 24 heavy (non-hydrogen) atoms. The highest BCUT2D eigenvalue weighted by Gasteiger charge is 2.13. The van der Waals surface area contributed by atoms with Crippen LogP contribution in [-0.2, 0) is 11.8 Å². The van der Waals surface area contributed by atoms with Crippen molar-refractivity contribution < 1.29 is 9.59 Å². The molecule has 1 heterocycles. The molecule has 0 saturated heterocycles. The van der Waals surface area contributed by atoms with Gasteiger partial charge in [0.2, 0.25) is 5.91 Å². The molecule has 0 spiro atoms. The van der Waals surface area contributed by atoms with Crippen molar-refractivity contribution in [3.05, 3.63) is 17.8 Å². The topological polar surface area (TPSA) is 177 Å². The first-order valence-electron chi connectivity index (χ1n) is 6.43. The fraction of sp³-hybridized carbons (Fsp3) is 0.333. The standard InChI is InChI=1S/C12H20N8O2.2ClH/c1-20-7(11(22)17-5-4-8(13)14)2-3-9(20)19-10(21)6-18-12(15)16;;/h2-3H,4-6H2,1H3,(H3,13,14)(H,17,22)(H,19,21)(H4,15,16,18);2*1H. The Morgan fingerprint density at radius 2 is 1.88 bits per heavy atom. The van der Waals surface area contributed by atoms with E-state index in [0.29, 0.717) is 11.5 Å². The summed E-state index contributed by atoms with van der Waals surface area (Å²) in [5.74, 6) is -0.466. The highest BCUT2D eigenvalue weighted by Crippen LogP contribution is 2.12. The molecule has 136 valence electrons. The van der Waals surface area contributed by atoms with Gasteiger partial charge in [-0.1, -0.05) is 0 Å². The molecule has 0 aliphatic rings. The van der Waals surface area contributed by atoms with Gasteiger partial charge in [0.25, 0.3) is 5.91 Å². The second-order valence-electron chi connectivity index (χ2n) is 4.48. The molecule has 0 unspecified atom stereocenters. The molecule has 12 heteroatoms. The number of rotatable bonds is 7. The Hall–Kier alpha value is -2.46. The van der Waals surface area contributed by atoms with Crippen LogP contribution in [0.4, 0.5) is 5.82 Å². The number of nitrogens with two attached hydrogens (primary N) is 3. The average Bonchev–Trinajstić information content (AvgIpc) is 2.77. The van der Waals surface area contributed by atoms with Crippen LogP contribution in [0.2, 0.25) is 0 Å². The minimum absolute atomic E-state index is 0. The van der Waals surface area contributed by atoms with Crippen LogP contribution in [0.25, 0.3) is 0 Å². The summed E-state index contributed by atoms with van der Waals surface area (Å²) < 4.78 is 1.52. The summed E-state index contributed by atoms with van der Waals surface area (Å²) in [6.07, 6.45) is 0.276. The smallest absolute Gasteiger partial charge is 0.267 e. The maximum absolute atomic E-state index is 12.0. The summed E-state index contributed by atoms with van der Waals surface area (Å²) in [5, 5.41) is 12.3. The van der Waals surface area contributed by atoms with Gasteiger partial charge < -0.3 is 32.4 Å². The first-order chi connectivity index (χ1) is 10.3. The zero-order valence-electron chi connectivity index (χ0n) is 13.0. The normalized spacial score (nSPS) is 9.04. The lowest BCUT2D eigenvalue weighted by molar-refractivity contribution is -0.114. The zero-order chi connectivity index (χ0) is 16.7. The average molecular weight is 381 g/mol. The Kier molecular flexibility index (Phi) is 11.0. The molecule has 0 bridgehead atoms. The summed E-state index contributed by atoms with van der Waals surface area (Å²) in [6, 6.07) is 3.16. The molecular weight excluding hydrogens is 359 g/mol. The van der Waals surface area contributed by atoms with E-state index >= 15 is 0 Å². The number of aromatic nitrogens is 1. The van der Waals surface area contributed by atoms with Crippen molar-refractivity contribution in [2.45, 2.75) is 6.42 Å². The Labute approximate surface area is 151 Å². The van der Waals surface area contributed by atoms with E-state index in [0.717, 1.165) is 0 Å². The van der Waals surface area contributed by atoms with Crippen LogP contribution >= 0.6 is 24.8 Å². The van der Waals surface area contributed by atoms with Gasteiger partial charge in [-0.25, -0.2) is 4.99 Å². The third-order valence-corrected chi connectivity index (χ3v) is 2.71. The van der Waals surface area contributed by atoms with Gasteiger partial charge in [-0.3, -0.25) is 15.0 Å². The molecule has 0 aromatic carbocycles. The van der Waals surface area contributed by atoms with E-state index in [1.807, 2.05) is 0 Å². The van der Waals surface area contributed by atoms with Crippen molar-refractivity contribution in [3.63, 3.8) is 0 Å². The molecule has 1 rings (SSSR count). The Balaban J connectivity index is 0. The molecule has 1 aromatic rings. The molecule has 0 aliphatic carbocycles. The number of nitrogens with one attached hydrogen (secondary N) is 3. The number of amides is 2. The summed E-state index contributed by atoms with van der Waals surface area (Å²) in [7, 11) is 1.63. The molecule has 0 saturated carbocycles. The van der Waals surface area contributed by atoms with E-state index in [2.05, 4.69) is 15.6 Å². The van der Waals surface area contributed by atoms with E-state index < -0.39 is 5.91 Å². The Morgan fingerprint density at radius 1 is 1.25 bits per heavy atom. The third-order valence-electron chi connectivity index (χ3n) is 2.71. The number of carbonyl (C=O) groups excluding carboxylic acids is 2. The molecule has 0 atom stereocenters. The fourth-order valence-electron chi connectivity index (χ4n) is 1.61. The van der Waals surface area contributed by atoms with Crippen molar-refractivity contribution in [1.82, 2.24) is 9.88 Å². The predicted octanol–water partition coefficient (Wildman–Crippen LogP) is -0.864. The second kappa shape index (κ2) is 11.1. The maximum atomic E-state index is 12.0. The minimum Gasteiger partial charge on any atom is -0.388 e. The number of anilines is 1. The number of carbonyl (C=O) groups is 2. The number of aliphatic imine (C=N–C) groups is 1. The van der Waals surface area contributed by atoms with E-state index in [1.165, 1.54) is 4.57 Å². The van der Waals surface area contributed by atoms with Crippen molar-refractivity contribution in [1.29, 1.82) is 5.41 Å². The monoisotopic (exact) mass is 380 g/mol. The quantitative estimate of drug-likeness (QED) is 0.265. The van der Waals surface area contributed by atoms with Crippen molar-refractivity contribution in [3.8, 4) is 0 Å². The summed E-state index contributed by atoms with van der Waals surface area (Å²) in [4.78, 5) is 27.2. The largest absolute Gasteiger partial charge is 0.388 e. The van der Waals surface area contributed by atoms with Gasteiger partial charge in [-0.15, -0.1) is 24.8 Å². The van der Waals surface area contributed by atoms with E-state index in [4.69, 9.17) is 22.6 Å². The van der Waals surface area contributed by atoms with Crippen LogP contribution in [-0.4, -0.2) is 41.3 Å². The van der Waals surface area contributed by atoms with Crippen molar-refractivity contribution in [2.24, 2.45) is 29.2 Å². The van der Waals surface area contributed by atoms with Crippen molar-refractivity contribution in [2.75, 3.05) is 18.4 Å². The van der Waals surface area contributed by atoms with Gasteiger partial charge in [0.15, 0.2) is 5.96 Å². The van der Waals surface area contributed by atoms with Crippen LogP contribution in [0.15, 0.2) is 17.1 Å².